The van der Waals surface area contributed by atoms with E-state index in [2.05, 4.69) is 23.4 Å². The van der Waals surface area contributed by atoms with Crippen LogP contribution in [0.25, 0.3) is 83.4 Å². The number of ether oxygens (including phenoxy) is 1. The molecule has 1 aliphatic carbocycles. The van der Waals surface area contributed by atoms with Crippen LogP contribution >= 0.6 is 0 Å². The third kappa shape index (κ3) is 8.91. The van der Waals surface area contributed by atoms with E-state index >= 15 is 0 Å². The van der Waals surface area contributed by atoms with Crippen molar-refractivity contribution in [3.63, 3.8) is 0 Å². The van der Waals surface area contributed by atoms with Crippen LogP contribution in [0.1, 0.15) is 142 Å². The maximum atomic E-state index is 10.3. The molecule has 3 heterocycles. The Morgan fingerprint density at radius 1 is 0.645 bits per heavy atom. The van der Waals surface area contributed by atoms with Gasteiger partial charge in [-0.25, -0.2) is 4.98 Å². The minimum Gasteiger partial charge on any atom is -0.510 e. The van der Waals surface area contributed by atoms with Crippen LogP contribution in [0.3, 0.4) is 0 Å². The molecule has 8 aromatic carbocycles. The normalized spacial score (nSPS) is 20.2. The summed E-state index contributed by atoms with van der Waals surface area (Å²) in [5.41, 5.74) is -9.78. The minimum absolute atomic E-state index is 0. The van der Waals surface area contributed by atoms with Gasteiger partial charge in [-0.2, -0.15) is 18.2 Å². The van der Waals surface area contributed by atoms with Crippen molar-refractivity contribution in [2.24, 2.45) is 0 Å². The van der Waals surface area contributed by atoms with Crippen molar-refractivity contribution in [2.75, 3.05) is 0 Å². The third-order valence-electron chi connectivity index (χ3n) is 13.6. The Bertz CT molecular complexity index is 5330. The number of hydrogen-bond acceptors (Lipinski definition) is 2. The summed E-state index contributed by atoms with van der Waals surface area (Å²) in [4.78, 5) is 4.67. The van der Waals surface area contributed by atoms with Crippen molar-refractivity contribution in [1.82, 2.24) is 14.1 Å². The molecule has 0 saturated carbocycles. The van der Waals surface area contributed by atoms with Gasteiger partial charge in [0.15, 0.2) is 0 Å². The Kier molecular flexibility index (Phi) is 6.82. The van der Waals surface area contributed by atoms with Crippen LogP contribution in [0.4, 0.5) is 0 Å². The molecule has 6 heteroatoms. The predicted octanol–water partition coefficient (Wildman–Crippen LogP) is 17.5. The fourth-order valence-electron chi connectivity index (χ4n) is 9.90. The van der Waals surface area contributed by atoms with Crippen molar-refractivity contribution >= 4 is 32.8 Å². The van der Waals surface area contributed by atoms with Crippen LogP contribution in [-0.4, -0.2) is 14.1 Å². The monoisotopic (exact) mass is 1200 g/mol. The van der Waals surface area contributed by atoms with Crippen molar-refractivity contribution in [3.8, 4) is 62.1 Å². The van der Waals surface area contributed by atoms with Crippen LogP contribution in [0.5, 0.6) is 11.5 Å². The van der Waals surface area contributed by atoms with Gasteiger partial charge in [0.25, 0.3) is 6.33 Å². The summed E-state index contributed by atoms with van der Waals surface area (Å²) in [6.45, 7) is -6.80. The fraction of sp³-hybridized carbons (Fsp3) is 0.229. The Balaban J connectivity index is 0.0000108. The molecule has 0 spiro atoms. The summed E-state index contributed by atoms with van der Waals surface area (Å²) >= 11 is 0. The molecule has 1 aliphatic rings. The molecule has 0 saturated heterocycles. The van der Waals surface area contributed by atoms with Gasteiger partial charge < -0.3 is 13.9 Å². The third-order valence-corrected chi connectivity index (χ3v) is 13.6. The molecule has 0 bridgehead atoms. The van der Waals surface area contributed by atoms with Gasteiger partial charge in [-0.3, -0.25) is 4.57 Å². The largest absolute Gasteiger partial charge is 0.510 e. The number of aromatic nitrogens is 4. The molecule has 0 fully saturated rings. The Hall–Kier alpha value is -7.33. The molecule has 0 N–H and O–H groups in total. The first-order valence-corrected chi connectivity index (χ1v) is 24.1. The molecule has 76 heavy (non-hydrogen) atoms. The first kappa shape index (κ1) is 27.6. The maximum absolute atomic E-state index is 10.3. The van der Waals surface area contributed by atoms with Gasteiger partial charge in [0, 0.05) is 70.4 Å². The Labute approximate surface area is 502 Å². The number of fused-ring (bicyclic) bond motifs is 5. The van der Waals surface area contributed by atoms with Crippen molar-refractivity contribution in [3.05, 3.63) is 222 Å². The summed E-state index contributed by atoms with van der Waals surface area (Å²) < 4.78 is 261. The van der Waals surface area contributed by atoms with E-state index in [4.69, 9.17) is 39.0 Å². The van der Waals surface area contributed by atoms with E-state index in [1.165, 1.54) is 27.3 Å². The molecule has 5 nitrogen and oxygen atoms in total. The maximum Gasteiger partial charge on any atom is 0.268 e. The van der Waals surface area contributed by atoms with Crippen LogP contribution in [0, 0.1) is 25.3 Å². The van der Waals surface area contributed by atoms with E-state index in [-0.39, 0.29) is 94.2 Å². The van der Waals surface area contributed by atoms with Crippen LogP contribution in [0.15, 0.2) is 176 Å². The molecule has 0 atom stereocenters. The molecular weight excluding hydrogens is 1110 g/mol. The number of nitrogens with zero attached hydrogens (tertiary/aromatic N) is 4. The first-order chi connectivity index (χ1) is 47.4. The quantitative estimate of drug-likeness (QED) is 0.112. The van der Waals surface area contributed by atoms with Crippen LogP contribution in [-0.2, 0) is 42.7 Å². The number of aryl methyl sites for hydroxylation is 1. The van der Waals surface area contributed by atoms with Gasteiger partial charge in [0.05, 0.1) is 34.5 Å². The zero-order valence-corrected chi connectivity index (χ0v) is 44.2. The van der Waals surface area contributed by atoms with E-state index in [1.807, 2.05) is 53.7 Å². The molecule has 0 amide bonds. The van der Waals surface area contributed by atoms with E-state index in [0.29, 0.717) is 32.9 Å². The van der Waals surface area contributed by atoms with Gasteiger partial charge in [0.2, 0.25) is 0 Å². The first-order valence-electron chi connectivity index (χ1n) is 38.1. The number of rotatable bonds is 8. The number of para-hydroxylation sites is 1. The molecular formula is C70H64N4OPt-2. The zero-order valence-electron chi connectivity index (χ0n) is 70.0. The van der Waals surface area contributed by atoms with Gasteiger partial charge in [-0.15, -0.1) is 29.7 Å². The van der Waals surface area contributed by atoms with Crippen LogP contribution < -0.4 is 9.30 Å². The van der Waals surface area contributed by atoms with Gasteiger partial charge >= 0.3 is 0 Å². The standard InChI is InChI=1S/C70H64N4O.Pt/c1-45-35-65(71-42-57(45)47-23-16-13-17-24-47)74-61-28-19-18-27-54(61)55-32-31-53(41-63(55)74)75-52-26-20-25-51(40-52)72-44-73(62-34-30-48(37-64(62)72)46-21-14-12-15-22-46)66-56(38-50(67(2,3)4)39-60(66)68(5,6)7)49-29-33-58-59(36-49)70(10,11)43-69(58,8)9;/h12-39,42H,43H2,1-11H3;/q-2;/i1D3,8D3,9D3,10D3,11D3,12D,13D,14D,15D,16D,17D,21D,22D,23D,24D,29D,33D,36D;. The summed E-state index contributed by atoms with van der Waals surface area (Å²) in [7, 11) is 0. The second-order valence-corrected chi connectivity index (χ2v) is 20.9. The summed E-state index contributed by atoms with van der Waals surface area (Å²) in [5, 5.41) is 1.31. The molecule has 0 radical (unpaired) electrons. The van der Waals surface area contributed by atoms with E-state index < -0.39 is 158 Å². The van der Waals surface area contributed by atoms with Gasteiger partial charge in [-0.1, -0.05) is 195 Å². The second kappa shape index (κ2) is 18.7. The smallest absolute Gasteiger partial charge is 0.268 e. The molecule has 11 aromatic rings. The molecule has 12 rings (SSSR count). The predicted molar refractivity (Wildman–Crippen MR) is 309 cm³/mol. The molecule has 0 unspecified atom stereocenters. The number of benzene rings is 8. The van der Waals surface area contributed by atoms with Gasteiger partial charge in [0.1, 0.15) is 5.82 Å². The molecule has 382 valence electrons. The second-order valence-electron chi connectivity index (χ2n) is 20.9. The van der Waals surface area contributed by atoms with E-state index in [9.17, 15) is 4.11 Å². The summed E-state index contributed by atoms with van der Waals surface area (Å²) in [5.74, 6) is 0.198. The average molecular weight is 1200 g/mol. The number of imidazole rings is 1. The summed E-state index contributed by atoms with van der Waals surface area (Å²) in [6.07, 6.45) is 2.96. The minimum atomic E-state index is -3.78. The Morgan fingerprint density at radius 3 is 2.12 bits per heavy atom. The SMILES string of the molecule is [2H]c1c([2H])c([2H])c(-c2ccc3c(c2)n(-c2[c-]c(Oc4[c-]c5c(cc4)c4ccccc4n5-c4cc(C([2H])([2H])[2H])c(-c5c([2H])c([2H])c([2H])c([2H])c5[2H])cn4)ccc2)[c-][n+]3-c2c(-c3c([2H])c([2H])c4c(c3[2H])C(C([2H])([2H])[2H])(C([2H])([2H])[2H])CC4(C([2H])([2H])[2H])C([2H])([2H])[2H])cc(C(C)(C)C)cc2C(C)(C)C)c([2H])c1[2H].[Pt]. The summed E-state index contributed by atoms with van der Waals surface area (Å²) in [6, 6.07) is 22.0. The fourth-order valence-corrected chi connectivity index (χ4v) is 9.90. The number of hydrogen-bond donors (Lipinski definition) is 0. The number of pyridine rings is 1. The van der Waals surface area contributed by atoms with Crippen molar-refractivity contribution < 1.29 is 68.8 Å². The van der Waals surface area contributed by atoms with Crippen molar-refractivity contribution in [2.45, 2.75) is 104 Å². The topological polar surface area (TPSA) is 35.9 Å². The Morgan fingerprint density at radius 2 is 1.38 bits per heavy atom. The zero-order chi connectivity index (χ0) is 76.0. The van der Waals surface area contributed by atoms with Gasteiger partial charge in [-0.05, 0) is 120 Å². The van der Waals surface area contributed by atoms with Crippen LogP contribution in [0.2, 0.25) is 0 Å². The molecule has 0 aliphatic heterocycles. The van der Waals surface area contributed by atoms with Crippen molar-refractivity contribution in [1.29, 1.82) is 0 Å². The van der Waals surface area contributed by atoms with E-state index in [1.54, 1.807) is 65.2 Å². The van der Waals surface area contributed by atoms with E-state index in [0.717, 1.165) is 6.20 Å². The average Bonchev–Trinajstić information content (AvgIpc) is 1.49. The molecule has 3 aromatic heterocycles.